The Morgan fingerprint density at radius 2 is 1.87 bits per heavy atom. The number of aryl methyl sites for hydroxylation is 1. The number of hydrogen-bond acceptors (Lipinski definition) is 5. The van der Waals surface area contributed by atoms with Crippen LogP contribution in [0, 0.1) is 0 Å². The zero-order valence-corrected chi connectivity index (χ0v) is 17.2. The van der Waals surface area contributed by atoms with E-state index in [1.54, 1.807) is 6.20 Å². The van der Waals surface area contributed by atoms with Gasteiger partial charge in [0.1, 0.15) is 5.82 Å². The molecule has 0 amide bonds. The van der Waals surface area contributed by atoms with E-state index in [1.165, 1.54) is 16.5 Å². The number of fused-ring (bicyclic) bond motifs is 1. The summed E-state index contributed by atoms with van der Waals surface area (Å²) in [6.45, 7) is 3.08. The van der Waals surface area contributed by atoms with Crippen LogP contribution < -0.4 is 0 Å². The number of nitrogens with zero attached hydrogens (tertiary/aromatic N) is 2. The second-order valence-corrected chi connectivity index (χ2v) is 6.50. The van der Waals surface area contributed by atoms with E-state index in [0.29, 0.717) is 25.2 Å². The van der Waals surface area contributed by atoms with Crippen LogP contribution in [0.25, 0.3) is 10.9 Å². The maximum atomic E-state index is 11.5. The number of aromatic nitrogens is 3. The molecule has 2 aromatic heterocycles. The first kappa shape index (κ1) is 23.4. The Labute approximate surface area is 179 Å². The third kappa shape index (κ3) is 7.81. The van der Waals surface area contributed by atoms with E-state index in [9.17, 15) is 14.4 Å². The van der Waals surface area contributed by atoms with Crippen molar-refractivity contribution in [3.05, 3.63) is 66.4 Å². The molecule has 0 radical (unpaired) electrons. The summed E-state index contributed by atoms with van der Waals surface area (Å²) in [4.78, 5) is 38.0. The van der Waals surface area contributed by atoms with Gasteiger partial charge in [-0.3, -0.25) is 4.79 Å². The van der Waals surface area contributed by atoms with Crippen molar-refractivity contribution >= 4 is 28.8 Å². The number of imidazole rings is 1. The van der Waals surface area contributed by atoms with E-state index >= 15 is 0 Å². The zero-order chi connectivity index (χ0) is 22.6. The Hall–Kier alpha value is -3.88. The minimum absolute atomic E-state index is 0.125. The predicted molar refractivity (Wildman–Crippen MR) is 114 cm³/mol. The van der Waals surface area contributed by atoms with Crippen LogP contribution in [-0.4, -0.2) is 49.3 Å². The summed E-state index contributed by atoms with van der Waals surface area (Å²) in [5.41, 5.74) is 2.43. The molecule has 31 heavy (non-hydrogen) atoms. The molecule has 0 aliphatic carbocycles. The van der Waals surface area contributed by atoms with Gasteiger partial charge in [0.15, 0.2) is 0 Å². The lowest BCUT2D eigenvalue weighted by Gasteiger charge is -2.05. The Morgan fingerprint density at radius 3 is 2.48 bits per heavy atom. The standard InChI is InChI=1S/C18H21N3O2.C4H4O4/c1-2-23-18(22)8-5-11-21-13-14(12-17-19-9-10-20-17)15-6-3-4-7-16(15)21;5-3(6)1-2-4(7)8/h3-4,6-7,9-10,13H,2,5,8,11-12H2,1H3,(H,19,20);1-2H,(H,5,6)(H,7,8)/b;2-1+. The molecule has 0 bridgehead atoms. The maximum absolute atomic E-state index is 11.5. The minimum atomic E-state index is -1.26. The number of nitrogens with one attached hydrogen (secondary N) is 1. The van der Waals surface area contributed by atoms with Crippen LogP contribution in [0.5, 0.6) is 0 Å². The highest BCUT2D eigenvalue weighted by Crippen LogP contribution is 2.23. The number of carbonyl (C=O) groups is 3. The van der Waals surface area contributed by atoms with Crippen molar-refractivity contribution in [1.82, 2.24) is 14.5 Å². The molecule has 0 spiro atoms. The highest BCUT2D eigenvalue weighted by molar-refractivity contribution is 5.89. The zero-order valence-electron chi connectivity index (χ0n) is 17.2. The molecule has 0 saturated carbocycles. The number of carboxylic acid groups (broad SMARTS) is 2. The summed E-state index contributed by atoms with van der Waals surface area (Å²) < 4.78 is 7.20. The summed E-state index contributed by atoms with van der Waals surface area (Å²) in [5, 5.41) is 16.9. The Balaban J connectivity index is 0.000000366. The van der Waals surface area contributed by atoms with Crippen molar-refractivity contribution in [2.75, 3.05) is 6.61 Å². The lowest BCUT2D eigenvalue weighted by Crippen LogP contribution is -2.06. The molecule has 3 N–H and O–H groups in total. The van der Waals surface area contributed by atoms with Gasteiger partial charge in [0.25, 0.3) is 0 Å². The molecule has 3 aromatic rings. The van der Waals surface area contributed by atoms with Crippen molar-refractivity contribution in [1.29, 1.82) is 0 Å². The summed E-state index contributed by atoms with van der Waals surface area (Å²) >= 11 is 0. The third-order valence-electron chi connectivity index (χ3n) is 4.24. The average molecular weight is 427 g/mol. The van der Waals surface area contributed by atoms with Gasteiger partial charge in [-0.05, 0) is 25.0 Å². The van der Waals surface area contributed by atoms with Crippen molar-refractivity contribution < 1.29 is 29.3 Å². The number of esters is 1. The van der Waals surface area contributed by atoms with Gasteiger partial charge in [-0.15, -0.1) is 0 Å². The highest BCUT2D eigenvalue weighted by atomic mass is 16.5. The minimum Gasteiger partial charge on any atom is -0.478 e. The molecule has 1 aromatic carbocycles. The highest BCUT2D eigenvalue weighted by Gasteiger charge is 2.10. The monoisotopic (exact) mass is 427 g/mol. The molecule has 0 aliphatic heterocycles. The van der Waals surface area contributed by atoms with Crippen molar-refractivity contribution in [3.63, 3.8) is 0 Å². The summed E-state index contributed by atoms with van der Waals surface area (Å²) in [5.74, 6) is -1.68. The van der Waals surface area contributed by atoms with E-state index < -0.39 is 11.9 Å². The molecule has 3 rings (SSSR count). The predicted octanol–water partition coefficient (Wildman–Crippen LogP) is 3.01. The second-order valence-electron chi connectivity index (χ2n) is 6.50. The van der Waals surface area contributed by atoms with E-state index in [2.05, 4.69) is 38.9 Å². The number of hydrogen-bond donors (Lipinski definition) is 3. The first-order chi connectivity index (χ1) is 14.9. The van der Waals surface area contributed by atoms with Crippen LogP contribution >= 0.6 is 0 Å². The number of para-hydroxylation sites is 1. The molecule has 164 valence electrons. The van der Waals surface area contributed by atoms with Crippen LogP contribution in [0.1, 0.15) is 31.2 Å². The first-order valence-corrected chi connectivity index (χ1v) is 9.75. The van der Waals surface area contributed by atoms with Gasteiger partial charge < -0.3 is 24.5 Å². The lowest BCUT2D eigenvalue weighted by atomic mass is 10.1. The Kier molecular flexibility index (Phi) is 9.03. The quantitative estimate of drug-likeness (QED) is 0.353. The van der Waals surface area contributed by atoms with Crippen molar-refractivity contribution in [2.45, 2.75) is 32.7 Å². The molecule has 9 heteroatoms. The van der Waals surface area contributed by atoms with Crippen molar-refractivity contribution in [2.24, 2.45) is 0 Å². The summed E-state index contributed by atoms with van der Waals surface area (Å²) in [6.07, 6.45) is 8.90. The SMILES string of the molecule is CCOC(=O)CCCn1cc(Cc2ncc[nH]2)c2ccccc21.O=C(O)/C=C/C(=O)O. The van der Waals surface area contributed by atoms with Gasteiger partial charge in [-0.25, -0.2) is 14.6 Å². The largest absolute Gasteiger partial charge is 0.478 e. The number of carbonyl (C=O) groups excluding carboxylic acids is 1. The van der Waals surface area contributed by atoms with Crippen LogP contribution in [-0.2, 0) is 32.1 Å². The third-order valence-corrected chi connectivity index (χ3v) is 4.24. The van der Waals surface area contributed by atoms with Gasteiger partial charge >= 0.3 is 17.9 Å². The fourth-order valence-corrected chi connectivity index (χ4v) is 2.99. The number of aromatic amines is 1. The molecule has 9 nitrogen and oxygen atoms in total. The normalized spacial score (nSPS) is 10.6. The number of aliphatic carboxylic acids is 2. The van der Waals surface area contributed by atoms with Crippen LogP contribution in [0.3, 0.4) is 0 Å². The number of rotatable bonds is 9. The average Bonchev–Trinajstić information content (AvgIpc) is 3.36. The van der Waals surface area contributed by atoms with Gasteiger partial charge in [-0.2, -0.15) is 0 Å². The number of ether oxygens (including phenoxy) is 1. The molecule has 2 heterocycles. The molecule has 0 saturated heterocycles. The fourth-order valence-electron chi connectivity index (χ4n) is 2.99. The van der Waals surface area contributed by atoms with Crippen LogP contribution in [0.4, 0.5) is 0 Å². The molecular formula is C22H25N3O6. The summed E-state index contributed by atoms with van der Waals surface area (Å²) in [7, 11) is 0. The second kappa shape index (κ2) is 12.0. The van der Waals surface area contributed by atoms with Gasteiger partial charge in [0.05, 0.1) is 6.61 Å². The molecule has 0 aliphatic rings. The van der Waals surface area contributed by atoms with Gasteiger partial charge in [0.2, 0.25) is 0 Å². The molecular weight excluding hydrogens is 402 g/mol. The maximum Gasteiger partial charge on any atom is 0.328 e. The van der Waals surface area contributed by atoms with E-state index in [4.69, 9.17) is 14.9 Å². The molecule has 0 fully saturated rings. The molecule has 0 unspecified atom stereocenters. The van der Waals surface area contributed by atoms with Crippen molar-refractivity contribution in [3.8, 4) is 0 Å². The van der Waals surface area contributed by atoms with E-state index in [0.717, 1.165) is 25.2 Å². The first-order valence-electron chi connectivity index (χ1n) is 9.75. The Morgan fingerprint density at radius 1 is 1.16 bits per heavy atom. The van der Waals surface area contributed by atoms with Crippen LogP contribution in [0.2, 0.25) is 0 Å². The van der Waals surface area contributed by atoms with Crippen LogP contribution in [0.15, 0.2) is 55.0 Å². The fraction of sp³-hybridized carbons (Fsp3) is 0.273. The molecule has 0 atom stereocenters. The van der Waals surface area contributed by atoms with E-state index in [1.807, 2.05) is 19.2 Å². The Bertz CT molecular complexity index is 1020. The summed E-state index contributed by atoms with van der Waals surface area (Å²) in [6, 6.07) is 8.35. The smallest absolute Gasteiger partial charge is 0.328 e. The lowest BCUT2D eigenvalue weighted by molar-refractivity contribution is -0.143. The van der Waals surface area contributed by atoms with Gasteiger partial charge in [0, 0.05) is 61.0 Å². The number of H-pyrrole nitrogens is 1. The number of benzene rings is 1. The number of carboxylic acids is 2. The topological polar surface area (TPSA) is 135 Å². The van der Waals surface area contributed by atoms with E-state index in [-0.39, 0.29) is 5.97 Å². The van der Waals surface area contributed by atoms with Gasteiger partial charge in [-0.1, -0.05) is 18.2 Å².